The number of thioether (sulfide) groups is 1. The molecule has 0 bridgehead atoms. The lowest BCUT2D eigenvalue weighted by atomic mass is 10.2. The van der Waals surface area contributed by atoms with E-state index in [9.17, 15) is 0 Å². The van der Waals surface area contributed by atoms with Gasteiger partial charge >= 0.3 is 0 Å². The third kappa shape index (κ3) is 4.68. The smallest absolute Gasteiger partial charge is 0.165 e. The van der Waals surface area contributed by atoms with Gasteiger partial charge in [0.25, 0.3) is 0 Å². The summed E-state index contributed by atoms with van der Waals surface area (Å²) in [7, 11) is 0. The summed E-state index contributed by atoms with van der Waals surface area (Å²) < 4.78 is 11.3. The minimum absolute atomic E-state index is 0.442. The highest BCUT2D eigenvalue weighted by atomic mass is 35.5. The van der Waals surface area contributed by atoms with Gasteiger partial charge in [0.1, 0.15) is 0 Å². The summed E-state index contributed by atoms with van der Waals surface area (Å²) in [6.07, 6.45) is 0. The fourth-order valence-corrected chi connectivity index (χ4v) is 2.15. The summed E-state index contributed by atoms with van der Waals surface area (Å²) in [5.41, 5.74) is 0.985. The van der Waals surface area contributed by atoms with E-state index in [0.29, 0.717) is 19.1 Å². The average molecular weight is 275 g/mol. The molecule has 0 aliphatic heterocycles. The summed E-state index contributed by atoms with van der Waals surface area (Å²) in [6.45, 7) is 5.42. The van der Waals surface area contributed by atoms with Crippen molar-refractivity contribution in [2.24, 2.45) is 0 Å². The van der Waals surface area contributed by atoms with Crippen LogP contribution in [0.15, 0.2) is 18.2 Å². The first-order valence-corrected chi connectivity index (χ1v) is 7.53. The number of rotatable bonds is 8. The maximum absolute atomic E-state index is 5.90. The first kappa shape index (κ1) is 14.5. The Kier molecular flexibility index (Phi) is 7.29. The molecular formula is C13H19ClO2S. The maximum Gasteiger partial charge on any atom is 0.165 e. The van der Waals surface area contributed by atoms with Crippen molar-refractivity contribution in [2.45, 2.75) is 19.7 Å². The second-order valence-electron chi connectivity index (χ2n) is 3.36. The van der Waals surface area contributed by atoms with E-state index in [1.54, 1.807) is 0 Å². The quantitative estimate of drug-likeness (QED) is 0.528. The van der Waals surface area contributed by atoms with Crippen LogP contribution in [0.2, 0.25) is 0 Å². The minimum Gasteiger partial charge on any atom is -0.490 e. The Morgan fingerprint density at radius 2 is 2.06 bits per heavy atom. The van der Waals surface area contributed by atoms with Crippen LogP contribution in [0.25, 0.3) is 0 Å². The van der Waals surface area contributed by atoms with E-state index in [2.05, 4.69) is 6.92 Å². The molecule has 0 aliphatic rings. The second-order valence-corrected chi connectivity index (χ2v) is 5.02. The van der Waals surface area contributed by atoms with Gasteiger partial charge in [0.05, 0.1) is 19.1 Å². The highest BCUT2D eigenvalue weighted by Gasteiger charge is 2.09. The Morgan fingerprint density at radius 1 is 1.24 bits per heavy atom. The molecule has 0 N–H and O–H groups in total. The Hall–Kier alpha value is -0.540. The normalized spacial score (nSPS) is 10.3. The summed E-state index contributed by atoms with van der Waals surface area (Å²) in [6, 6.07) is 5.83. The van der Waals surface area contributed by atoms with Crippen LogP contribution in [-0.4, -0.2) is 24.7 Å². The van der Waals surface area contributed by atoms with E-state index in [1.165, 1.54) is 0 Å². The fourth-order valence-electron chi connectivity index (χ4n) is 1.45. The molecule has 0 saturated heterocycles. The first-order valence-electron chi connectivity index (χ1n) is 5.84. The van der Waals surface area contributed by atoms with Crippen LogP contribution in [0.4, 0.5) is 0 Å². The van der Waals surface area contributed by atoms with Gasteiger partial charge < -0.3 is 9.47 Å². The minimum atomic E-state index is 0.442. The molecule has 0 spiro atoms. The van der Waals surface area contributed by atoms with Crippen molar-refractivity contribution < 1.29 is 9.47 Å². The van der Waals surface area contributed by atoms with Gasteiger partial charge in [0.2, 0.25) is 0 Å². The molecule has 0 heterocycles. The predicted molar refractivity (Wildman–Crippen MR) is 75.7 cm³/mol. The van der Waals surface area contributed by atoms with E-state index >= 15 is 0 Å². The zero-order chi connectivity index (χ0) is 12.5. The zero-order valence-electron chi connectivity index (χ0n) is 10.4. The van der Waals surface area contributed by atoms with Crippen molar-refractivity contribution in [1.29, 1.82) is 0 Å². The molecule has 0 aromatic heterocycles. The van der Waals surface area contributed by atoms with Crippen molar-refractivity contribution in [3.05, 3.63) is 23.8 Å². The number of para-hydroxylation sites is 1. The van der Waals surface area contributed by atoms with Gasteiger partial charge in [0.15, 0.2) is 11.5 Å². The SMILES string of the molecule is CCOc1cccc(CCl)c1OCCSCC. The molecule has 0 fully saturated rings. The van der Waals surface area contributed by atoms with Gasteiger partial charge in [-0.2, -0.15) is 11.8 Å². The fraction of sp³-hybridized carbons (Fsp3) is 0.538. The molecule has 1 rings (SSSR count). The highest BCUT2D eigenvalue weighted by molar-refractivity contribution is 7.99. The van der Waals surface area contributed by atoms with Crippen LogP contribution >= 0.6 is 23.4 Å². The van der Waals surface area contributed by atoms with Crippen LogP contribution in [0, 0.1) is 0 Å². The lowest BCUT2D eigenvalue weighted by Gasteiger charge is -2.14. The zero-order valence-corrected chi connectivity index (χ0v) is 11.9. The highest BCUT2D eigenvalue weighted by Crippen LogP contribution is 2.32. The summed E-state index contributed by atoms with van der Waals surface area (Å²) >= 11 is 7.76. The molecule has 0 saturated carbocycles. The third-order valence-electron chi connectivity index (χ3n) is 2.18. The Morgan fingerprint density at radius 3 is 2.71 bits per heavy atom. The van der Waals surface area contributed by atoms with Crippen molar-refractivity contribution in [1.82, 2.24) is 0 Å². The van der Waals surface area contributed by atoms with Gasteiger partial charge in [-0.05, 0) is 18.7 Å². The van der Waals surface area contributed by atoms with Gasteiger partial charge in [-0.1, -0.05) is 19.1 Å². The molecule has 0 amide bonds. The van der Waals surface area contributed by atoms with E-state index in [1.807, 2.05) is 36.9 Å². The first-order chi connectivity index (χ1) is 8.33. The summed E-state index contributed by atoms with van der Waals surface area (Å²) in [4.78, 5) is 0. The Bertz CT molecular complexity index is 331. The van der Waals surface area contributed by atoms with Crippen LogP contribution in [0.5, 0.6) is 11.5 Å². The van der Waals surface area contributed by atoms with Gasteiger partial charge in [0, 0.05) is 11.3 Å². The molecule has 0 unspecified atom stereocenters. The van der Waals surface area contributed by atoms with Gasteiger partial charge in [-0.15, -0.1) is 11.6 Å². The summed E-state index contributed by atoms with van der Waals surface area (Å²) in [5, 5.41) is 0. The largest absolute Gasteiger partial charge is 0.490 e. The molecule has 96 valence electrons. The van der Waals surface area contributed by atoms with E-state index in [-0.39, 0.29) is 0 Å². The van der Waals surface area contributed by atoms with Crippen LogP contribution < -0.4 is 9.47 Å². The number of alkyl halides is 1. The molecule has 1 aromatic carbocycles. The maximum atomic E-state index is 5.90. The molecule has 1 aromatic rings. The molecule has 17 heavy (non-hydrogen) atoms. The number of benzene rings is 1. The summed E-state index contributed by atoms with van der Waals surface area (Å²) in [5.74, 6) is 4.11. The standard InChI is InChI=1S/C13H19ClO2S/c1-3-15-12-7-5-6-11(10-14)13(12)16-8-9-17-4-2/h5-7H,3-4,8-10H2,1-2H3. The average Bonchev–Trinajstić information content (AvgIpc) is 2.36. The number of hydrogen-bond donors (Lipinski definition) is 0. The second kappa shape index (κ2) is 8.54. The van der Waals surface area contributed by atoms with E-state index in [0.717, 1.165) is 28.6 Å². The van der Waals surface area contributed by atoms with Crippen LogP contribution in [0.1, 0.15) is 19.4 Å². The van der Waals surface area contributed by atoms with E-state index < -0.39 is 0 Å². The molecular weight excluding hydrogens is 256 g/mol. The Labute approximate surface area is 113 Å². The number of halogens is 1. The molecule has 0 atom stereocenters. The van der Waals surface area contributed by atoms with Crippen molar-refractivity contribution in [3.8, 4) is 11.5 Å². The lowest BCUT2D eigenvalue weighted by Crippen LogP contribution is -2.05. The Balaban J connectivity index is 2.70. The molecule has 0 radical (unpaired) electrons. The molecule has 2 nitrogen and oxygen atoms in total. The number of ether oxygens (including phenoxy) is 2. The van der Waals surface area contributed by atoms with Crippen LogP contribution in [-0.2, 0) is 5.88 Å². The number of hydrogen-bond acceptors (Lipinski definition) is 3. The molecule has 4 heteroatoms. The van der Waals surface area contributed by atoms with Crippen LogP contribution in [0.3, 0.4) is 0 Å². The lowest BCUT2D eigenvalue weighted by molar-refractivity contribution is 0.287. The van der Waals surface area contributed by atoms with E-state index in [4.69, 9.17) is 21.1 Å². The van der Waals surface area contributed by atoms with Crippen molar-refractivity contribution in [3.63, 3.8) is 0 Å². The molecule has 0 aliphatic carbocycles. The third-order valence-corrected chi connectivity index (χ3v) is 3.33. The van der Waals surface area contributed by atoms with Gasteiger partial charge in [-0.3, -0.25) is 0 Å². The van der Waals surface area contributed by atoms with Gasteiger partial charge in [-0.25, -0.2) is 0 Å². The monoisotopic (exact) mass is 274 g/mol. The predicted octanol–water partition coefficient (Wildman–Crippen LogP) is 3.96. The topological polar surface area (TPSA) is 18.5 Å². The van der Waals surface area contributed by atoms with Crippen molar-refractivity contribution >= 4 is 23.4 Å². The van der Waals surface area contributed by atoms with Crippen molar-refractivity contribution in [2.75, 3.05) is 24.7 Å².